The number of carbonyl (C=O) groups excluding carboxylic acids is 2. The molecule has 0 aliphatic heterocycles. The van der Waals surface area contributed by atoms with Crippen molar-refractivity contribution in [2.45, 2.75) is 39.8 Å². The molecule has 0 radical (unpaired) electrons. The number of nitrogens with zero attached hydrogens (tertiary/aromatic N) is 2. The minimum Gasteiger partial charge on any atom is -0.497 e. The van der Waals surface area contributed by atoms with E-state index in [1.807, 2.05) is 12.1 Å². The summed E-state index contributed by atoms with van der Waals surface area (Å²) >= 11 is 13.4. The molecule has 2 aromatic carbocycles. The van der Waals surface area contributed by atoms with Crippen molar-refractivity contribution < 1.29 is 19.1 Å². The number of anilines is 1. The van der Waals surface area contributed by atoms with Gasteiger partial charge in [-0.25, -0.2) is 9.79 Å². The highest BCUT2D eigenvalue weighted by Gasteiger charge is 2.23. The molecule has 9 nitrogen and oxygen atoms in total. The Bertz CT molecular complexity index is 1310. The Morgan fingerprint density at radius 3 is 2.30 bits per heavy atom. The van der Waals surface area contributed by atoms with E-state index in [9.17, 15) is 9.59 Å². The number of hydrogen-bond acceptors (Lipinski definition) is 8. The third-order valence-electron chi connectivity index (χ3n) is 4.86. The second kappa shape index (κ2) is 11.8. The van der Waals surface area contributed by atoms with Crippen LogP contribution >= 0.6 is 34.7 Å². The van der Waals surface area contributed by atoms with Crippen molar-refractivity contribution >= 4 is 58.4 Å². The first-order valence-electron chi connectivity index (χ1n) is 11.1. The standard InChI is InChI=1S/C25H27Cl2N5O4S/c1-13-19(21(32-37-13)15-6-8-16(35-5)9-7-15)22(33)30-23(31-24(34)36-25(2,3)4)29-12-14-10-17(26)20(28)18(27)11-14/h6-11H,12,28H2,1-5H3,(H2,29,30,31,33,34). The molecular formula is C25H27Cl2N5O4S. The van der Waals surface area contributed by atoms with Crippen LogP contribution < -0.4 is 21.1 Å². The van der Waals surface area contributed by atoms with Gasteiger partial charge in [0.15, 0.2) is 0 Å². The number of amides is 2. The second-order valence-electron chi connectivity index (χ2n) is 8.91. The Labute approximate surface area is 229 Å². The van der Waals surface area contributed by atoms with Crippen LogP contribution in [0.5, 0.6) is 5.75 Å². The molecule has 196 valence electrons. The maximum absolute atomic E-state index is 13.4. The number of nitrogen functional groups attached to an aromatic ring is 1. The van der Waals surface area contributed by atoms with Gasteiger partial charge in [-0.2, -0.15) is 4.37 Å². The Balaban J connectivity index is 1.90. The molecule has 4 N–H and O–H groups in total. The van der Waals surface area contributed by atoms with Crippen molar-refractivity contribution in [3.8, 4) is 17.0 Å². The number of alkyl carbamates (subject to hydrolysis) is 1. The number of aryl methyl sites for hydroxylation is 1. The van der Waals surface area contributed by atoms with Crippen LogP contribution in [0.3, 0.4) is 0 Å². The normalized spacial score (nSPS) is 11.7. The zero-order valence-corrected chi connectivity index (χ0v) is 23.3. The highest BCUT2D eigenvalue weighted by molar-refractivity contribution is 7.06. The zero-order chi connectivity index (χ0) is 27.3. The van der Waals surface area contributed by atoms with E-state index in [1.54, 1.807) is 59.1 Å². The quantitative estimate of drug-likeness (QED) is 0.203. The molecular weight excluding hydrogens is 537 g/mol. The summed E-state index contributed by atoms with van der Waals surface area (Å²) < 4.78 is 15.0. The number of nitrogens with one attached hydrogen (secondary N) is 2. The number of rotatable bonds is 5. The molecule has 2 amide bonds. The van der Waals surface area contributed by atoms with Gasteiger partial charge in [-0.05, 0) is 81.2 Å². The summed E-state index contributed by atoms with van der Waals surface area (Å²) in [5, 5.41) is 5.72. The van der Waals surface area contributed by atoms with Gasteiger partial charge in [-0.15, -0.1) is 0 Å². The smallest absolute Gasteiger partial charge is 0.414 e. The van der Waals surface area contributed by atoms with E-state index < -0.39 is 17.6 Å². The van der Waals surface area contributed by atoms with E-state index in [-0.39, 0.29) is 28.2 Å². The lowest BCUT2D eigenvalue weighted by Crippen LogP contribution is -2.46. The highest BCUT2D eigenvalue weighted by Crippen LogP contribution is 2.30. The molecule has 0 spiro atoms. The van der Waals surface area contributed by atoms with Gasteiger partial charge >= 0.3 is 6.09 Å². The number of nitrogens with two attached hydrogens (primary N) is 1. The number of ether oxygens (including phenoxy) is 2. The van der Waals surface area contributed by atoms with E-state index in [2.05, 4.69) is 20.0 Å². The van der Waals surface area contributed by atoms with Gasteiger partial charge in [0.05, 0.1) is 40.6 Å². The van der Waals surface area contributed by atoms with Crippen LogP contribution in [0.25, 0.3) is 11.3 Å². The number of methoxy groups -OCH3 is 1. The third kappa shape index (κ3) is 7.58. The Morgan fingerprint density at radius 2 is 1.73 bits per heavy atom. The van der Waals surface area contributed by atoms with Crippen molar-refractivity contribution in [2.24, 2.45) is 4.99 Å². The van der Waals surface area contributed by atoms with E-state index in [0.717, 1.165) is 5.56 Å². The fraction of sp³-hybridized carbons (Fsp3) is 0.280. The number of halogens is 2. The summed E-state index contributed by atoms with van der Waals surface area (Å²) in [6.45, 7) is 7.00. The van der Waals surface area contributed by atoms with Crippen LogP contribution in [-0.4, -0.2) is 35.0 Å². The summed E-state index contributed by atoms with van der Waals surface area (Å²) in [4.78, 5) is 30.9. The van der Waals surface area contributed by atoms with Crippen molar-refractivity contribution in [3.63, 3.8) is 0 Å². The summed E-state index contributed by atoms with van der Waals surface area (Å²) in [6.07, 6.45) is -0.782. The molecule has 1 heterocycles. The SMILES string of the molecule is COc1ccc(-c2nsc(C)c2C(=O)NC(=NCc2cc(Cl)c(N)c(Cl)c2)NC(=O)OC(C)(C)C)cc1. The van der Waals surface area contributed by atoms with Gasteiger partial charge in [0.2, 0.25) is 5.96 Å². The highest BCUT2D eigenvalue weighted by atomic mass is 35.5. The summed E-state index contributed by atoms with van der Waals surface area (Å²) in [5.41, 5.74) is 7.50. The average Bonchev–Trinajstić information content (AvgIpc) is 3.21. The number of benzene rings is 2. The summed E-state index contributed by atoms with van der Waals surface area (Å²) in [5.74, 6) is 0.0652. The van der Waals surface area contributed by atoms with E-state index in [0.29, 0.717) is 27.4 Å². The van der Waals surface area contributed by atoms with Gasteiger partial charge in [-0.3, -0.25) is 15.4 Å². The zero-order valence-electron chi connectivity index (χ0n) is 20.9. The number of aromatic nitrogens is 1. The van der Waals surface area contributed by atoms with Gasteiger partial charge in [-0.1, -0.05) is 23.2 Å². The minimum absolute atomic E-state index is 0.0390. The fourth-order valence-electron chi connectivity index (χ4n) is 3.16. The van der Waals surface area contributed by atoms with E-state index >= 15 is 0 Å². The number of hydrogen-bond donors (Lipinski definition) is 3. The van der Waals surface area contributed by atoms with Crippen LogP contribution in [0, 0.1) is 6.92 Å². The average molecular weight is 564 g/mol. The van der Waals surface area contributed by atoms with E-state index in [4.69, 9.17) is 38.4 Å². The molecule has 3 aromatic rings. The maximum atomic E-state index is 13.4. The second-order valence-corrected chi connectivity index (χ2v) is 10.7. The summed E-state index contributed by atoms with van der Waals surface area (Å²) in [7, 11) is 1.58. The van der Waals surface area contributed by atoms with Crippen molar-refractivity contribution in [3.05, 3.63) is 62.4 Å². The fourth-order valence-corrected chi connectivity index (χ4v) is 4.40. The third-order valence-corrected chi connectivity index (χ3v) is 6.24. The Hall–Kier alpha value is -3.34. The van der Waals surface area contributed by atoms with Crippen molar-refractivity contribution in [1.29, 1.82) is 0 Å². The summed E-state index contributed by atoms with van der Waals surface area (Å²) in [6, 6.07) is 10.4. The first-order chi connectivity index (χ1) is 17.4. The van der Waals surface area contributed by atoms with Gasteiger partial charge < -0.3 is 15.2 Å². The molecule has 0 fully saturated rings. The molecule has 0 aliphatic rings. The van der Waals surface area contributed by atoms with Crippen LogP contribution in [0.1, 0.15) is 41.6 Å². The molecule has 0 atom stereocenters. The van der Waals surface area contributed by atoms with E-state index in [1.165, 1.54) is 11.5 Å². The Morgan fingerprint density at radius 1 is 1.11 bits per heavy atom. The minimum atomic E-state index is -0.782. The molecule has 1 aromatic heterocycles. The van der Waals surface area contributed by atoms with Crippen molar-refractivity contribution in [2.75, 3.05) is 12.8 Å². The Kier molecular flexibility index (Phi) is 9.01. The van der Waals surface area contributed by atoms with Gasteiger partial charge in [0.25, 0.3) is 5.91 Å². The molecule has 12 heteroatoms. The van der Waals surface area contributed by atoms with Crippen LogP contribution in [0.15, 0.2) is 41.4 Å². The number of aliphatic imine (C=N–C) groups is 1. The van der Waals surface area contributed by atoms with Gasteiger partial charge in [0.1, 0.15) is 11.4 Å². The topological polar surface area (TPSA) is 128 Å². The first-order valence-corrected chi connectivity index (χ1v) is 12.6. The van der Waals surface area contributed by atoms with Gasteiger partial charge in [0, 0.05) is 10.4 Å². The van der Waals surface area contributed by atoms with Crippen molar-refractivity contribution in [1.82, 2.24) is 15.0 Å². The lowest BCUT2D eigenvalue weighted by molar-refractivity contribution is 0.0561. The van der Waals surface area contributed by atoms with Crippen LogP contribution in [0.4, 0.5) is 10.5 Å². The number of carbonyl (C=O) groups is 2. The largest absolute Gasteiger partial charge is 0.497 e. The maximum Gasteiger partial charge on any atom is 0.414 e. The molecule has 37 heavy (non-hydrogen) atoms. The lowest BCUT2D eigenvalue weighted by Gasteiger charge is -2.20. The van der Waals surface area contributed by atoms with Crippen LogP contribution in [-0.2, 0) is 11.3 Å². The van der Waals surface area contributed by atoms with Crippen LogP contribution in [0.2, 0.25) is 10.0 Å². The molecule has 0 saturated heterocycles. The monoisotopic (exact) mass is 563 g/mol. The molecule has 0 bridgehead atoms. The molecule has 3 rings (SSSR count). The first kappa shape index (κ1) is 28.2. The lowest BCUT2D eigenvalue weighted by atomic mass is 10.1. The molecule has 0 unspecified atom stereocenters. The number of guanidine groups is 1. The predicted octanol–water partition coefficient (Wildman–Crippen LogP) is 5.83. The molecule has 0 aliphatic carbocycles. The predicted molar refractivity (Wildman–Crippen MR) is 148 cm³/mol. The molecule has 0 saturated carbocycles.